The predicted molar refractivity (Wildman–Crippen MR) is 73.8 cm³/mol. The number of aryl methyl sites for hydroxylation is 1. The number of hydrogen-bond donors (Lipinski definition) is 1. The van der Waals surface area contributed by atoms with E-state index in [-0.39, 0.29) is 11.9 Å². The molecule has 0 bridgehead atoms. The highest BCUT2D eigenvalue weighted by Gasteiger charge is 2.30. The first kappa shape index (κ1) is 13.5. The second-order valence-corrected chi connectivity index (χ2v) is 5.64. The van der Waals surface area contributed by atoms with Crippen LogP contribution in [0.1, 0.15) is 56.2 Å². The smallest absolute Gasteiger partial charge is 0.123 e. The minimum atomic E-state index is -0.171. The Hall–Kier alpha value is -0.890. The van der Waals surface area contributed by atoms with Crippen LogP contribution in [-0.2, 0) is 0 Å². The van der Waals surface area contributed by atoms with Crippen molar-refractivity contribution < 1.29 is 4.39 Å². The summed E-state index contributed by atoms with van der Waals surface area (Å²) in [7, 11) is 0. The van der Waals surface area contributed by atoms with Crippen molar-refractivity contribution in [2.75, 3.05) is 0 Å². The molecule has 2 heteroatoms. The molecular weight excluding hydrogens is 225 g/mol. The van der Waals surface area contributed by atoms with Crippen molar-refractivity contribution in [3.8, 4) is 0 Å². The zero-order chi connectivity index (χ0) is 13.1. The number of halogens is 1. The van der Waals surface area contributed by atoms with E-state index in [1.54, 1.807) is 6.07 Å². The zero-order valence-electron chi connectivity index (χ0n) is 11.5. The van der Waals surface area contributed by atoms with Crippen molar-refractivity contribution in [2.24, 2.45) is 17.6 Å². The van der Waals surface area contributed by atoms with Crippen LogP contribution in [0.4, 0.5) is 4.39 Å². The van der Waals surface area contributed by atoms with E-state index in [1.165, 1.54) is 38.2 Å². The van der Waals surface area contributed by atoms with Gasteiger partial charge < -0.3 is 5.73 Å². The molecule has 18 heavy (non-hydrogen) atoms. The van der Waals surface area contributed by atoms with Crippen LogP contribution in [0.2, 0.25) is 0 Å². The Morgan fingerprint density at radius 1 is 1.33 bits per heavy atom. The van der Waals surface area contributed by atoms with Gasteiger partial charge in [0.15, 0.2) is 0 Å². The third-order valence-corrected chi connectivity index (χ3v) is 4.55. The lowest BCUT2D eigenvalue weighted by Gasteiger charge is -2.35. The fourth-order valence-electron chi connectivity index (χ4n) is 3.42. The summed E-state index contributed by atoms with van der Waals surface area (Å²) < 4.78 is 13.4. The Bertz CT molecular complexity index is 402. The van der Waals surface area contributed by atoms with Crippen LogP contribution in [0.25, 0.3) is 0 Å². The van der Waals surface area contributed by atoms with Gasteiger partial charge in [0.2, 0.25) is 0 Å². The van der Waals surface area contributed by atoms with Gasteiger partial charge >= 0.3 is 0 Å². The molecule has 1 saturated carbocycles. The van der Waals surface area contributed by atoms with Crippen LogP contribution in [-0.4, -0.2) is 0 Å². The molecule has 0 amide bonds. The monoisotopic (exact) mass is 249 g/mol. The molecule has 100 valence electrons. The Balaban J connectivity index is 2.23. The lowest BCUT2D eigenvalue weighted by atomic mass is 9.72. The van der Waals surface area contributed by atoms with Gasteiger partial charge in [-0.25, -0.2) is 4.39 Å². The Morgan fingerprint density at radius 2 is 2.06 bits per heavy atom. The second-order valence-electron chi connectivity index (χ2n) is 5.64. The Morgan fingerprint density at radius 3 is 2.78 bits per heavy atom. The molecule has 1 aliphatic rings. The molecule has 0 heterocycles. The lowest BCUT2D eigenvalue weighted by Crippen LogP contribution is -2.31. The summed E-state index contributed by atoms with van der Waals surface area (Å²) in [4.78, 5) is 0. The van der Waals surface area contributed by atoms with E-state index in [2.05, 4.69) is 6.92 Å². The van der Waals surface area contributed by atoms with Gasteiger partial charge in [-0.15, -0.1) is 0 Å². The Labute approximate surface area is 110 Å². The van der Waals surface area contributed by atoms with Gasteiger partial charge in [0, 0.05) is 6.04 Å². The van der Waals surface area contributed by atoms with E-state index < -0.39 is 0 Å². The highest BCUT2D eigenvalue weighted by molar-refractivity contribution is 5.30. The molecule has 1 aromatic rings. The molecule has 0 radical (unpaired) electrons. The van der Waals surface area contributed by atoms with Gasteiger partial charge in [-0.05, 0) is 48.4 Å². The maximum atomic E-state index is 13.4. The van der Waals surface area contributed by atoms with Crippen LogP contribution in [0.3, 0.4) is 0 Å². The minimum Gasteiger partial charge on any atom is -0.324 e. The molecular formula is C16H24FN. The van der Waals surface area contributed by atoms with Gasteiger partial charge in [-0.2, -0.15) is 0 Å². The van der Waals surface area contributed by atoms with Crippen molar-refractivity contribution in [1.29, 1.82) is 0 Å². The summed E-state index contributed by atoms with van der Waals surface area (Å²) >= 11 is 0. The van der Waals surface area contributed by atoms with Gasteiger partial charge in [0.05, 0.1) is 0 Å². The van der Waals surface area contributed by atoms with Crippen LogP contribution < -0.4 is 5.73 Å². The predicted octanol–water partition coefficient (Wildman–Crippen LogP) is 4.35. The van der Waals surface area contributed by atoms with Crippen LogP contribution in [0, 0.1) is 24.6 Å². The van der Waals surface area contributed by atoms with Gasteiger partial charge in [-0.3, -0.25) is 0 Å². The van der Waals surface area contributed by atoms with Crippen LogP contribution in [0.15, 0.2) is 18.2 Å². The Kier molecular flexibility index (Phi) is 4.39. The van der Waals surface area contributed by atoms with E-state index in [4.69, 9.17) is 5.73 Å². The molecule has 1 nitrogen and oxygen atoms in total. The average Bonchev–Trinajstić information content (AvgIpc) is 2.40. The van der Waals surface area contributed by atoms with Gasteiger partial charge in [-0.1, -0.05) is 38.7 Å². The van der Waals surface area contributed by atoms with E-state index >= 15 is 0 Å². The van der Waals surface area contributed by atoms with Gasteiger partial charge in [0.1, 0.15) is 5.82 Å². The number of rotatable bonds is 3. The molecule has 1 aliphatic carbocycles. The largest absolute Gasteiger partial charge is 0.324 e. The van der Waals surface area contributed by atoms with Crippen LogP contribution in [0.5, 0.6) is 0 Å². The van der Waals surface area contributed by atoms with E-state index in [9.17, 15) is 4.39 Å². The van der Waals surface area contributed by atoms with E-state index in [1.807, 2.05) is 13.0 Å². The summed E-state index contributed by atoms with van der Waals surface area (Å²) in [6.45, 7) is 4.27. The molecule has 0 spiro atoms. The minimum absolute atomic E-state index is 0.00838. The summed E-state index contributed by atoms with van der Waals surface area (Å²) in [5.41, 5.74) is 8.55. The molecule has 0 saturated heterocycles. The first-order valence-corrected chi connectivity index (χ1v) is 7.15. The van der Waals surface area contributed by atoms with Crippen molar-refractivity contribution >= 4 is 0 Å². The quantitative estimate of drug-likeness (QED) is 0.846. The molecule has 2 N–H and O–H groups in total. The van der Waals surface area contributed by atoms with Crippen molar-refractivity contribution in [3.63, 3.8) is 0 Å². The maximum absolute atomic E-state index is 13.4. The molecule has 3 unspecified atom stereocenters. The lowest BCUT2D eigenvalue weighted by molar-refractivity contribution is 0.196. The summed E-state index contributed by atoms with van der Waals surface area (Å²) in [5, 5.41) is 0. The molecule has 0 aliphatic heterocycles. The second kappa shape index (κ2) is 5.83. The van der Waals surface area contributed by atoms with Gasteiger partial charge in [0.25, 0.3) is 0 Å². The zero-order valence-corrected chi connectivity index (χ0v) is 11.5. The SMILES string of the molecule is CCC1CCCCC1C(N)c1cc(F)ccc1C. The highest BCUT2D eigenvalue weighted by atomic mass is 19.1. The number of benzene rings is 1. The first-order valence-electron chi connectivity index (χ1n) is 7.15. The maximum Gasteiger partial charge on any atom is 0.123 e. The van der Waals surface area contributed by atoms with Crippen molar-refractivity contribution in [2.45, 2.75) is 52.0 Å². The van der Waals surface area contributed by atoms with Crippen LogP contribution >= 0.6 is 0 Å². The highest BCUT2D eigenvalue weighted by Crippen LogP contribution is 2.39. The third kappa shape index (κ3) is 2.74. The molecule has 1 fully saturated rings. The normalized spacial score (nSPS) is 26.0. The summed E-state index contributed by atoms with van der Waals surface area (Å²) in [5.74, 6) is 1.05. The van der Waals surface area contributed by atoms with E-state index in [0.29, 0.717) is 11.8 Å². The summed E-state index contributed by atoms with van der Waals surface area (Å²) in [6.07, 6.45) is 6.25. The molecule has 3 atom stereocenters. The van der Waals surface area contributed by atoms with E-state index in [0.717, 1.165) is 11.1 Å². The molecule has 2 rings (SSSR count). The topological polar surface area (TPSA) is 26.0 Å². The molecule has 0 aromatic heterocycles. The molecule has 1 aromatic carbocycles. The fraction of sp³-hybridized carbons (Fsp3) is 0.625. The standard InChI is InChI=1S/C16H24FN/c1-3-12-6-4-5-7-14(12)16(18)15-10-13(17)9-8-11(15)2/h8-10,12,14,16H,3-7,18H2,1-2H3. The summed E-state index contributed by atoms with van der Waals surface area (Å²) in [6, 6.07) is 4.98. The third-order valence-electron chi connectivity index (χ3n) is 4.55. The van der Waals surface area contributed by atoms with Crippen molar-refractivity contribution in [3.05, 3.63) is 35.1 Å². The number of nitrogens with two attached hydrogens (primary N) is 1. The van der Waals surface area contributed by atoms with Crippen molar-refractivity contribution in [1.82, 2.24) is 0 Å². The average molecular weight is 249 g/mol. The fourth-order valence-corrected chi connectivity index (χ4v) is 3.42. The first-order chi connectivity index (χ1) is 8.63. The number of hydrogen-bond acceptors (Lipinski definition) is 1.